The molecule has 0 atom stereocenters. The van der Waals surface area contributed by atoms with Gasteiger partial charge >= 0.3 is 0 Å². The average molecular weight is 400 g/mol. The maximum Gasteiger partial charge on any atom is 0.123 e. The standard InChI is InChI=1S/C25H25N3S/c1-2-9-21(10-3-1)25-26-22(19-29-25)18-27-14-7-15-28(17-16-27)24-13-6-11-20-8-4-5-12-23(20)24/h1-6,8-13,19H,7,14-18H2. The van der Waals surface area contributed by atoms with Crippen molar-refractivity contribution in [2.75, 3.05) is 31.1 Å². The summed E-state index contributed by atoms with van der Waals surface area (Å²) in [5, 5.41) is 6.01. The largest absolute Gasteiger partial charge is 0.370 e. The molecule has 1 saturated heterocycles. The van der Waals surface area contributed by atoms with Crippen LogP contribution in [0.15, 0.2) is 78.2 Å². The average Bonchev–Trinajstić information content (AvgIpc) is 3.12. The summed E-state index contributed by atoms with van der Waals surface area (Å²) in [6.45, 7) is 5.30. The van der Waals surface area contributed by atoms with Gasteiger partial charge in [-0.25, -0.2) is 4.98 Å². The summed E-state index contributed by atoms with van der Waals surface area (Å²) in [5.74, 6) is 0. The number of anilines is 1. The molecule has 1 aromatic heterocycles. The van der Waals surface area contributed by atoms with Crippen LogP contribution in [-0.2, 0) is 6.54 Å². The summed E-state index contributed by atoms with van der Waals surface area (Å²) < 4.78 is 0. The lowest BCUT2D eigenvalue weighted by Gasteiger charge is -2.25. The Morgan fingerprint density at radius 3 is 2.55 bits per heavy atom. The fourth-order valence-electron chi connectivity index (χ4n) is 4.18. The van der Waals surface area contributed by atoms with E-state index < -0.39 is 0 Å². The first-order valence-corrected chi connectivity index (χ1v) is 11.2. The molecule has 0 radical (unpaired) electrons. The monoisotopic (exact) mass is 399 g/mol. The van der Waals surface area contributed by atoms with E-state index in [1.807, 2.05) is 0 Å². The van der Waals surface area contributed by atoms with Crippen LogP contribution in [0.2, 0.25) is 0 Å². The molecule has 29 heavy (non-hydrogen) atoms. The first kappa shape index (κ1) is 18.3. The number of aromatic nitrogens is 1. The van der Waals surface area contributed by atoms with Crippen LogP contribution in [0.4, 0.5) is 5.69 Å². The summed E-state index contributed by atoms with van der Waals surface area (Å²) in [4.78, 5) is 9.99. The number of rotatable bonds is 4. The van der Waals surface area contributed by atoms with Crippen molar-refractivity contribution in [3.63, 3.8) is 0 Å². The van der Waals surface area contributed by atoms with Gasteiger partial charge in [-0.1, -0.05) is 66.7 Å². The smallest absolute Gasteiger partial charge is 0.123 e. The lowest BCUT2D eigenvalue weighted by atomic mass is 10.1. The normalized spacial score (nSPS) is 15.5. The molecule has 0 N–H and O–H groups in total. The maximum atomic E-state index is 4.89. The molecule has 0 amide bonds. The quantitative estimate of drug-likeness (QED) is 0.440. The predicted molar refractivity (Wildman–Crippen MR) is 124 cm³/mol. The number of benzene rings is 3. The van der Waals surface area contributed by atoms with Crippen LogP contribution in [0, 0.1) is 0 Å². The highest BCUT2D eigenvalue weighted by atomic mass is 32.1. The molecule has 0 bridgehead atoms. The second-order valence-electron chi connectivity index (χ2n) is 7.63. The Kier molecular flexibility index (Phi) is 5.29. The van der Waals surface area contributed by atoms with Crippen LogP contribution in [0.25, 0.3) is 21.3 Å². The fourth-order valence-corrected chi connectivity index (χ4v) is 4.99. The number of hydrogen-bond acceptors (Lipinski definition) is 4. The van der Waals surface area contributed by atoms with Crippen molar-refractivity contribution in [2.24, 2.45) is 0 Å². The minimum atomic E-state index is 0.937. The second kappa shape index (κ2) is 8.36. The van der Waals surface area contributed by atoms with Gasteiger partial charge in [-0.05, 0) is 17.9 Å². The molecule has 146 valence electrons. The molecule has 4 aromatic rings. The van der Waals surface area contributed by atoms with Gasteiger partial charge in [-0.3, -0.25) is 4.90 Å². The summed E-state index contributed by atoms with van der Waals surface area (Å²) in [6.07, 6.45) is 1.18. The van der Waals surface area contributed by atoms with Crippen molar-refractivity contribution in [1.82, 2.24) is 9.88 Å². The molecular weight excluding hydrogens is 374 g/mol. The van der Waals surface area contributed by atoms with E-state index in [1.165, 1.54) is 34.1 Å². The van der Waals surface area contributed by atoms with Gasteiger partial charge in [0, 0.05) is 54.7 Å². The predicted octanol–water partition coefficient (Wildman–Crippen LogP) is 5.68. The number of hydrogen-bond donors (Lipinski definition) is 0. The van der Waals surface area contributed by atoms with Crippen LogP contribution in [-0.4, -0.2) is 36.1 Å². The fraction of sp³-hybridized carbons (Fsp3) is 0.240. The number of nitrogens with zero attached hydrogens (tertiary/aromatic N) is 3. The van der Waals surface area contributed by atoms with Gasteiger partial charge in [0.05, 0.1) is 5.69 Å². The third kappa shape index (κ3) is 4.04. The SMILES string of the molecule is c1ccc(-c2nc(CN3CCCN(c4cccc5ccccc45)CC3)cs2)cc1. The Balaban J connectivity index is 1.28. The molecule has 2 heterocycles. The molecule has 1 fully saturated rings. The molecule has 0 saturated carbocycles. The second-order valence-corrected chi connectivity index (χ2v) is 8.48. The van der Waals surface area contributed by atoms with E-state index in [0.717, 1.165) is 37.7 Å². The molecule has 1 aliphatic heterocycles. The van der Waals surface area contributed by atoms with E-state index in [9.17, 15) is 0 Å². The first-order chi connectivity index (χ1) is 14.4. The number of fused-ring (bicyclic) bond motifs is 1. The molecule has 5 rings (SSSR count). The molecule has 1 aliphatic rings. The molecule has 0 unspecified atom stereocenters. The van der Waals surface area contributed by atoms with Gasteiger partial charge in [-0.15, -0.1) is 11.3 Å². The van der Waals surface area contributed by atoms with Crippen LogP contribution in [0.3, 0.4) is 0 Å². The summed E-state index contributed by atoms with van der Waals surface area (Å²) in [5.41, 5.74) is 3.76. The van der Waals surface area contributed by atoms with Crippen LogP contribution < -0.4 is 4.90 Å². The van der Waals surface area contributed by atoms with E-state index in [1.54, 1.807) is 11.3 Å². The zero-order chi connectivity index (χ0) is 19.5. The van der Waals surface area contributed by atoms with Gasteiger partial charge in [0.1, 0.15) is 5.01 Å². The van der Waals surface area contributed by atoms with Gasteiger partial charge in [0.25, 0.3) is 0 Å². The minimum Gasteiger partial charge on any atom is -0.370 e. The van der Waals surface area contributed by atoms with Gasteiger partial charge in [0.2, 0.25) is 0 Å². The topological polar surface area (TPSA) is 19.4 Å². The third-order valence-corrected chi connectivity index (χ3v) is 6.59. The molecule has 4 heteroatoms. The van der Waals surface area contributed by atoms with E-state index in [-0.39, 0.29) is 0 Å². The third-order valence-electron chi connectivity index (χ3n) is 5.65. The molecule has 0 spiro atoms. The number of thiazole rings is 1. The lowest BCUT2D eigenvalue weighted by Crippen LogP contribution is -2.30. The lowest BCUT2D eigenvalue weighted by molar-refractivity contribution is 0.282. The van der Waals surface area contributed by atoms with Crippen molar-refractivity contribution in [1.29, 1.82) is 0 Å². The highest BCUT2D eigenvalue weighted by Gasteiger charge is 2.18. The minimum absolute atomic E-state index is 0.937. The van der Waals surface area contributed by atoms with Gasteiger partial charge in [0.15, 0.2) is 0 Å². The zero-order valence-corrected chi connectivity index (χ0v) is 17.3. The Bertz CT molecular complexity index is 1080. The molecular formula is C25H25N3S. The van der Waals surface area contributed by atoms with Crippen molar-refractivity contribution in [2.45, 2.75) is 13.0 Å². The van der Waals surface area contributed by atoms with Crippen LogP contribution in [0.1, 0.15) is 12.1 Å². The highest BCUT2D eigenvalue weighted by molar-refractivity contribution is 7.13. The summed E-state index contributed by atoms with van der Waals surface area (Å²) >= 11 is 1.75. The van der Waals surface area contributed by atoms with E-state index in [4.69, 9.17) is 4.98 Å². The summed E-state index contributed by atoms with van der Waals surface area (Å²) in [6, 6.07) is 25.8. The van der Waals surface area contributed by atoms with E-state index >= 15 is 0 Å². The van der Waals surface area contributed by atoms with Crippen molar-refractivity contribution in [3.8, 4) is 10.6 Å². The van der Waals surface area contributed by atoms with Gasteiger partial charge in [-0.2, -0.15) is 0 Å². The highest BCUT2D eigenvalue weighted by Crippen LogP contribution is 2.28. The van der Waals surface area contributed by atoms with Crippen molar-refractivity contribution >= 4 is 27.8 Å². The Morgan fingerprint density at radius 2 is 1.62 bits per heavy atom. The molecule has 3 aromatic carbocycles. The zero-order valence-electron chi connectivity index (χ0n) is 16.5. The first-order valence-electron chi connectivity index (χ1n) is 10.3. The van der Waals surface area contributed by atoms with Gasteiger partial charge < -0.3 is 4.90 Å². The Hall–Kier alpha value is -2.69. The van der Waals surface area contributed by atoms with E-state index in [0.29, 0.717) is 0 Å². The van der Waals surface area contributed by atoms with Crippen LogP contribution in [0.5, 0.6) is 0 Å². The Morgan fingerprint density at radius 1 is 0.793 bits per heavy atom. The molecule has 0 aliphatic carbocycles. The van der Waals surface area contributed by atoms with Crippen molar-refractivity contribution < 1.29 is 0 Å². The summed E-state index contributed by atoms with van der Waals surface area (Å²) in [7, 11) is 0. The maximum absolute atomic E-state index is 4.89. The van der Waals surface area contributed by atoms with E-state index in [2.05, 4.69) is 88.0 Å². The van der Waals surface area contributed by atoms with Crippen molar-refractivity contribution in [3.05, 3.63) is 83.9 Å². The van der Waals surface area contributed by atoms with Crippen LogP contribution >= 0.6 is 11.3 Å². The Labute approximate surface area is 176 Å². The molecule has 3 nitrogen and oxygen atoms in total.